The number of rotatable bonds is 4. The summed E-state index contributed by atoms with van der Waals surface area (Å²) in [6, 6.07) is 0. The highest BCUT2D eigenvalue weighted by molar-refractivity contribution is 6.33. The minimum absolute atomic E-state index is 0.0351. The first kappa shape index (κ1) is 13.4. The first-order valence-corrected chi connectivity index (χ1v) is 6.29. The summed E-state index contributed by atoms with van der Waals surface area (Å²) in [7, 11) is 0. The number of aromatic nitrogens is 7. The Morgan fingerprint density at radius 1 is 1.48 bits per heavy atom. The van der Waals surface area contributed by atoms with Crippen LogP contribution in [-0.4, -0.2) is 40.8 Å². The highest BCUT2D eigenvalue weighted by atomic mass is 35.5. The molecule has 1 amide bonds. The zero-order chi connectivity index (χ0) is 14.8. The number of carbonyl (C=O) groups is 1. The fourth-order valence-electron chi connectivity index (χ4n) is 1.67. The third-order valence-corrected chi connectivity index (χ3v) is 2.87. The van der Waals surface area contributed by atoms with Crippen LogP contribution in [-0.2, 0) is 17.9 Å². The van der Waals surface area contributed by atoms with E-state index in [1.54, 1.807) is 6.20 Å². The Kier molecular flexibility index (Phi) is 3.46. The maximum Gasteiger partial charge on any atom is 0.248 e. The molecule has 21 heavy (non-hydrogen) atoms. The van der Waals surface area contributed by atoms with Gasteiger partial charge >= 0.3 is 0 Å². The first-order chi connectivity index (χ1) is 10.2. The zero-order valence-electron chi connectivity index (χ0n) is 10.6. The van der Waals surface area contributed by atoms with Gasteiger partial charge in [0.05, 0.1) is 18.2 Å². The number of aromatic amines is 1. The molecule has 108 valence electrons. The second kappa shape index (κ2) is 5.42. The van der Waals surface area contributed by atoms with E-state index in [0.717, 1.165) is 0 Å². The number of hydrogen-bond donors (Lipinski definition) is 3. The largest absolute Gasteiger partial charge is 0.341 e. The molecule has 0 aromatic carbocycles. The fraction of sp³-hybridized carbons (Fsp3) is 0.200. The van der Waals surface area contributed by atoms with Crippen LogP contribution in [0.1, 0.15) is 5.69 Å². The van der Waals surface area contributed by atoms with Gasteiger partial charge in [-0.05, 0) is 0 Å². The summed E-state index contributed by atoms with van der Waals surface area (Å²) >= 11 is 5.95. The Hall–Kier alpha value is -2.59. The Labute approximate surface area is 122 Å². The van der Waals surface area contributed by atoms with Crippen LogP contribution >= 0.6 is 11.6 Å². The van der Waals surface area contributed by atoms with Crippen LogP contribution in [0.3, 0.4) is 0 Å². The van der Waals surface area contributed by atoms with Gasteiger partial charge in [-0.1, -0.05) is 16.8 Å². The SMILES string of the molecule is NCc1cn(CC(=O)Nc2nc(Cl)c3[nH]cnc3n2)nn1. The van der Waals surface area contributed by atoms with E-state index < -0.39 is 0 Å². The summed E-state index contributed by atoms with van der Waals surface area (Å²) in [6.07, 6.45) is 3.03. The number of hydrogen-bond acceptors (Lipinski definition) is 7. The number of nitrogens with zero attached hydrogens (tertiary/aromatic N) is 6. The molecule has 0 aliphatic rings. The molecule has 0 bridgehead atoms. The molecule has 0 radical (unpaired) electrons. The van der Waals surface area contributed by atoms with Crippen molar-refractivity contribution in [2.24, 2.45) is 5.73 Å². The van der Waals surface area contributed by atoms with Gasteiger partial charge in [0.25, 0.3) is 0 Å². The molecule has 0 saturated carbocycles. The van der Waals surface area contributed by atoms with E-state index in [-0.39, 0.29) is 30.1 Å². The van der Waals surface area contributed by atoms with E-state index in [9.17, 15) is 4.79 Å². The number of anilines is 1. The van der Waals surface area contributed by atoms with Gasteiger partial charge in [-0.15, -0.1) is 5.10 Å². The lowest BCUT2D eigenvalue weighted by molar-refractivity contribution is -0.117. The smallest absolute Gasteiger partial charge is 0.248 e. The van der Waals surface area contributed by atoms with Crippen molar-refractivity contribution in [3.05, 3.63) is 23.4 Å². The van der Waals surface area contributed by atoms with E-state index >= 15 is 0 Å². The van der Waals surface area contributed by atoms with Crippen LogP contribution in [0.2, 0.25) is 5.15 Å². The quantitative estimate of drug-likeness (QED) is 0.562. The molecule has 0 aliphatic carbocycles. The standard InChI is InChI=1S/C10H10ClN9O/c11-8-7-9(14-4-13-7)17-10(16-8)15-6(21)3-20-2-5(1-12)18-19-20/h2,4H,1,3,12H2,(H2,13,14,15,16,17,21). The number of imidazole rings is 1. The Balaban J connectivity index is 1.73. The van der Waals surface area contributed by atoms with E-state index in [1.807, 2.05) is 0 Å². The molecule has 3 rings (SSSR count). The van der Waals surface area contributed by atoms with Crippen molar-refractivity contribution in [1.82, 2.24) is 34.9 Å². The second-order valence-corrected chi connectivity index (χ2v) is 4.46. The lowest BCUT2D eigenvalue weighted by Crippen LogP contribution is -2.20. The summed E-state index contributed by atoms with van der Waals surface area (Å²) in [6.45, 7) is 0.225. The van der Waals surface area contributed by atoms with Gasteiger partial charge in [0.15, 0.2) is 10.8 Å². The molecule has 4 N–H and O–H groups in total. The number of fused-ring (bicyclic) bond motifs is 1. The van der Waals surface area contributed by atoms with E-state index in [2.05, 4.69) is 35.6 Å². The lowest BCUT2D eigenvalue weighted by Gasteiger charge is -2.03. The van der Waals surface area contributed by atoms with Crippen molar-refractivity contribution in [3.63, 3.8) is 0 Å². The Morgan fingerprint density at radius 2 is 2.33 bits per heavy atom. The highest BCUT2D eigenvalue weighted by Crippen LogP contribution is 2.18. The van der Waals surface area contributed by atoms with Crippen LogP contribution < -0.4 is 11.1 Å². The van der Waals surface area contributed by atoms with Gasteiger partial charge in [0, 0.05) is 6.54 Å². The average molecular weight is 308 g/mol. The number of carbonyl (C=O) groups excluding carboxylic acids is 1. The van der Waals surface area contributed by atoms with Crippen molar-refractivity contribution < 1.29 is 4.79 Å². The number of amides is 1. The van der Waals surface area contributed by atoms with Crippen molar-refractivity contribution in [2.45, 2.75) is 13.1 Å². The summed E-state index contributed by atoms with van der Waals surface area (Å²) in [5, 5.41) is 10.3. The number of nitrogens with one attached hydrogen (secondary N) is 2. The summed E-state index contributed by atoms with van der Waals surface area (Å²) < 4.78 is 1.37. The number of H-pyrrole nitrogens is 1. The monoisotopic (exact) mass is 307 g/mol. The zero-order valence-corrected chi connectivity index (χ0v) is 11.4. The summed E-state index contributed by atoms with van der Waals surface area (Å²) in [4.78, 5) is 26.7. The molecule has 0 unspecified atom stereocenters. The van der Waals surface area contributed by atoms with Crippen molar-refractivity contribution in [2.75, 3.05) is 5.32 Å². The normalized spacial score (nSPS) is 11.0. The number of halogens is 1. The molecule has 3 heterocycles. The van der Waals surface area contributed by atoms with Crippen molar-refractivity contribution >= 4 is 34.6 Å². The molecule has 0 spiro atoms. The van der Waals surface area contributed by atoms with Crippen LogP contribution in [0.4, 0.5) is 5.95 Å². The van der Waals surface area contributed by atoms with Gasteiger partial charge < -0.3 is 10.7 Å². The van der Waals surface area contributed by atoms with Crippen LogP contribution in [0.25, 0.3) is 11.2 Å². The van der Waals surface area contributed by atoms with Crippen molar-refractivity contribution in [3.8, 4) is 0 Å². The van der Waals surface area contributed by atoms with Gasteiger partial charge in [-0.2, -0.15) is 9.97 Å². The van der Waals surface area contributed by atoms with Gasteiger partial charge in [-0.25, -0.2) is 9.67 Å². The third-order valence-electron chi connectivity index (χ3n) is 2.59. The second-order valence-electron chi connectivity index (χ2n) is 4.10. The highest BCUT2D eigenvalue weighted by Gasteiger charge is 2.11. The third kappa shape index (κ3) is 2.80. The molecule has 0 saturated heterocycles. The van der Waals surface area contributed by atoms with Crippen LogP contribution in [0.5, 0.6) is 0 Å². The molecule has 0 fully saturated rings. The Bertz CT molecular complexity index is 795. The first-order valence-electron chi connectivity index (χ1n) is 5.91. The van der Waals surface area contributed by atoms with E-state index in [4.69, 9.17) is 17.3 Å². The molecular weight excluding hydrogens is 298 g/mol. The van der Waals surface area contributed by atoms with Gasteiger partial charge in [0.2, 0.25) is 11.9 Å². The van der Waals surface area contributed by atoms with Crippen LogP contribution in [0, 0.1) is 0 Å². The summed E-state index contributed by atoms with van der Waals surface area (Å²) in [5.74, 6) is -0.293. The van der Waals surface area contributed by atoms with E-state index in [1.165, 1.54) is 11.0 Å². The minimum Gasteiger partial charge on any atom is -0.341 e. The minimum atomic E-state index is -0.366. The summed E-state index contributed by atoms with van der Waals surface area (Å²) in [5.41, 5.74) is 6.90. The molecule has 11 heteroatoms. The fourth-order valence-corrected chi connectivity index (χ4v) is 1.89. The molecule has 3 aromatic rings. The van der Waals surface area contributed by atoms with Crippen LogP contribution in [0.15, 0.2) is 12.5 Å². The predicted molar refractivity (Wildman–Crippen MR) is 73.2 cm³/mol. The molecule has 0 atom stereocenters. The van der Waals surface area contributed by atoms with Gasteiger partial charge in [-0.3, -0.25) is 10.1 Å². The lowest BCUT2D eigenvalue weighted by atomic mass is 10.5. The van der Waals surface area contributed by atoms with Crippen molar-refractivity contribution in [1.29, 1.82) is 0 Å². The molecule has 10 nitrogen and oxygen atoms in total. The predicted octanol–water partition coefficient (Wildman–Crippen LogP) is -0.305. The van der Waals surface area contributed by atoms with Gasteiger partial charge in [0.1, 0.15) is 12.1 Å². The maximum absolute atomic E-state index is 11.9. The average Bonchev–Trinajstić information content (AvgIpc) is 3.07. The molecule has 3 aromatic heterocycles. The topological polar surface area (TPSA) is 140 Å². The Morgan fingerprint density at radius 3 is 3.10 bits per heavy atom. The maximum atomic E-state index is 11.9. The number of nitrogens with two attached hydrogens (primary N) is 1. The molecular formula is C10H10ClN9O. The van der Waals surface area contributed by atoms with E-state index in [0.29, 0.717) is 16.9 Å². The molecule has 0 aliphatic heterocycles.